The van der Waals surface area contributed by atoms with E-state index in [1.54, 1.807) is 26.0 Å². The van der Waals surface area contributed by atoms with Crippen molar-refractivity contribution in [3.05, 3.63) is 178 Å². The summed E-state index contributed by atoms with van der Waals surface area (Å²) in [5, 5.41) is 27.1. The maximum atomic E-state index is 13.8. The third-order valence-electron chi connectivity index (χ3n) is 14.1. The Bertz CT molecular complexity index is 3390. The molecule has 0 unspecified atom stereocenters. The highest BCUT2D eigenvalue weighted by Crippen LogP contribution is 2.39. The number of nitrogens with zero attached hydrogens (tertiary/aromatic N) is 2. The lowest BCUT2D eigenvalue weighted by atomic mass is 9.94. The molecule has 87 heavy (non-hydrogen) atoms. The Labute approximate surface area is 510 Å². The van der Waals surface area contributed by atoms with Crippen LogP contribution in [0, 0.1) is 32.6 Å². The average molecular weight is 1200 g/mol. The van der Waals surface area contributed by atoms with E-state index in [4.69, 9.17) is 28.4 Å². The van der Waals surface area contributed by atoms with Crippen LogP contribution in [0.5, 0.6) is 17.2 Å². The number of para-hydroxylation sites is 1. The summed E-state index contributed by atoms with van der Waals surface area (Å²) in [6, 6.07) is 15.1. The molecular weight excluding hydrogens is 1110 g/mol. The van der Waals surface area contributed by atoms with Gasteiger partial charge in [-0.25, -0.2) is 9.59 Å². The monoisotopic (exact) mass is 1200 g/mol. The van der Waals surface area contributed by atoms with Crippen molar-refractivity contribution in [2.24, 2.45) is 5.92 Å². The van der Waals surface area contributed by atoms with E-state index in [-0.39, 0.29) is 37.3 Å². The molecule has 6 atom stereocenters. The Morgan fingerprint density at radius 1 is 0.724 bits per heavy atom. The molecule has 4 heterocycles. The van der Waals surface area contributed by atoms with Gasteiger partial charge in [0.05, 0.1) is 45.2 Å². The summed E-state index contributed by atoms with van der Waals surface area (Å²) in [4.78, 5) is 81.3. The topological polar surface area (TPSA) is 264 Å². The number of ether oxygens (including phenoxy) is 6. The van der Waals surface area contributed by atoms with Crippen LogP contribution in [0.1, 0.15) is 152 Å². The van der Waals surface area contributed by atoms with E-state index >= 15 is 0 Å². The number of terminal acetylenes is 1. The third-order valence-corrected chi connectivity index (χ3v) is 14.1. The predicted octanol–water partition coefficient (Wildman–Crippen LogP) is 9.66. The molecule has 2 saturated heterocycles. The lowest BCUT2D eigenvalue weighted by Gasteiger charge is -2.21. The molecule has 7 rings (SSSR count). The largest absolute Gasteiger partial charge is 0.494 e. The fourth-order valence-electron chi connectivity index (χ4n) is 9.77. The van der Waals surface area contributed by atoms with Crippen molar-refractivity contribution < 1.29 is 48.2 Å². The zero-order valence-corrected chi connectivity index (χ0v) is 52.3. The summed E-state index contributed by atoms with van der Waals surface area (Å²) >= 11 is 0. The zero-order valence-electron chi connectivity index (χ0n) is 52.3. The molecule has 6 N–H and O–H groups in total. The Balaban J connectivity index is 0.000000964. The fraction of sp³-hybridized carbons (Fsp3) is 0.463. The molecule has 2 fully saturated rings. The first-order valence-electron chi connectivity index (χ1n) is 29.9. The zero-order chi connectivity index (χ0) is 64.3. The average Bonchev–Trinajstić information content (AvgIpc) is 2.08. The fourth-order valence-corrected chi connectivity index (χ4v) is 9.77. The van der Waals surface area contributed by atoms with Crippen LogP contribution in [0.25, 0.3) is 0 Å². The number of aromatic nitrogens is 4. The number of aliphatic hydroxyl groups excluding tert-OH is 2. The number of anilines is 2. The van der Waals surface area contributed by atoms with E-state index < -0.39 is 65.1 Å². The van der Waals surface area contributed by atoms with E-state index in [1.807, 2.05) is 97.0 Å². The number of aromatic amines is 2. The highest BCUT2D eigenvalue weighted by molar-refractivity contribution is 5.95. The van der Waals surface area contributed by atoms with Gasteiger partial charge in [0.1, 0.15) is 35.5 Å². The van der Waals surface area contributed by atoms with Gasteiger partial charge in [0.2, 0.25) is 5.91 Å². The van der Waals surface area contributed by atoms with Crippen molar-refractivity contribution in [3.8, 4) is 30.1 Å². The number of allylic oxidation sites excluding steroid dienone is 3. The molecule has 0 radical (unpaired) electrons. The molecule has 5 aromatic rings. The molecule has 20 heteroatoms. The van der Waals surface area contributed by atoms with E-state index in [9.17, 15) is 39.0 Å². The van der Waals surface area contributed by atoms with Gasteiger partial charge in [0, 0.05) is 77.6 Å². The first-order valence-corrected chi connectivity index (χ1v) is 29.9. The third kappa shape index (κ3) is 19.9. The molecule has 20 nitrogen and oxygen atoms in total. The number of hydrogen-bond acceptors (Lipinski definition) is 14. The molecular formula is C67H90N6O14. The lowest BCUT2D eigenvalue weighted by molar-refractivity contribution is -0.132. The van der Waals surface area contributed by atoms with Gasteiger partial charge in [-0.2, -0.15) is 0 Å². The molecule has 2 amide bonds. The summed E-state index contributed by atoms with van der Waals surface area (Å²) in [5.74, 6) is 1.42. The quantitative estimate of drug-likeness (QED) is 0.0162. The van der Waals surface area contributed by atoms with Crippen molar-refractivity contribution in [1.82, 2.24) is 19.1 Å². The maximum absolute atomic E-state index is 13.8. The second kappa shape index (κ2) is 36.0. The number of H-pyrrole nitrogens is 2. The number of carbonyl (C=O) groups is 2. The molecule has 0 bridgehead atoms. The van der Waals surface area contributed by atoms with Gasteiger partial charge >= 0.3 is 11.4 Å². The smallest absolute Gasteiger partial charge is 0.330 e. The van der Waals surface area contributed by atoms with Gasteiger partial charge in [-0.05, 0) is 112 Å². The highest BCUT2D eigenvalue weighted by atomic mass is 16.5. The number of hydrogen-bond donors (Lipinski definition) is 6. The highest BCUT2D eigenvalue weighted by Gasteiger charge is 2.41. The Hall–Kier alpha value is -8.22. The van der Waals surface area contributed by atoms with Crippen LogP contribution in [0.3, 0.4) is 0 Å². The van der Waals surface area contributed by atoms with Gasteiger partial charge < -0.3 is 49.3 Å². The Morgan fingerprint density at radius 3 is 1.80 bits per heavy atom. The van der Waals surface area contributed by atoms with Crippen molar-refractivity contribution in [1.29, 1.82) is 0 Å². The number of benzene rings is 3. The van der Waals surface area contributed by atoms with Crippen molar-refractivity contribution in [3.63, 3.8) is 0 Å². The van der Waals surface area contributed by atoms with Crippen molar-refractivity contribution >= 4 is 23.2 Å². The summed E-state index contributed by atoms with van der Waals surface area (Å²) in [5.41, 5.74) is 4.45. The molecule has 0 aliphatic carbocycles. The summed E-state index contributed by atoms with van der Waals surface area (Å²) in [6.07, 6.45) is 14.2. The van der Waals surface area contributed by atoms with E-state index in [0.717, 1.165) is 71.4 Å². The van der Waals surface area contributed by atoms with Crippen molar-refractivity contribution in [2.45, 2.75) is 164 Å². The standard InChI is InChI=1S/C53H66N6O13.C10H16O.C2H6.C2H2/c1-7-16-68-41-15-14-38(54-43(62)24-36-25-44(71-42(36)29-60)58-27-30(5)49(63)56-52(58)66)22-35(41)19-33-12-11-13-34(47(33)70-18-9-3)20-37-23-39(21-32(10-4)46(37)69-17-8-2)55-51(65)48-40(61)26-45(72-48)59-28-31(6)50(64)57-53(59)67;1-5-7-9(3)10(4)11-8-6-2;2*1-2/h11-15,21-23,27-28,36,40,42,44-45,48,60-61H,7-10,16-20,24-26,29H2,1-6H3,(H,54,62)(H,55,65)(H,56,63,66)(H,57,64,67);5,7H,1,4,6,8H2,2-3H3;1-2H3;1-2H/b;9-7-;;/t36-,40-,42+,44+,45+,48-;;;/m0.../s1. The van der Waals surface area contributed by atoms with Crippen LogP contribution in [0.2, 0.25) is 0 Å². The van der Waals surface area contributed by atoms with Crippen LogP contribution < -0.4 is 47.3 Å². The maximum Gasteiger partial charge on any atom is 0.330 e. The molecule has 0 spiro atoms. The van der Waals surface area contributed by atoms with Gasteiger partial charge in [0.15, 0.2) is 6.10 Å². The SMILES string of the molecule is C#C.C=C/C=C(/C)C(=C)OCCC.CC.CCCOc1ccc(NC(=O)C[C@H]2C[C@H](n3cc(C)c(=O)[nH]c3=O)O[C@@H]2CO)cc1Cc1cccc(Cc2cc(NC(=O)[C@H]3O[C@@H](n4cc(C)c(=O)[nH]c4=O)C[C@@H]3O)cc(CC)c2OCCC)c1OCCC. The van der Waals surface area contributed by atoms with Crippen LogP contribution in [0.15, 0.2) is 117 Å². The lowest BCUT2D eigenvalue weighted by Crippen LogP contribution is -2.36. The number of aliphatic hydroxyl groups is 2. The van der Waals surface area contributed by atoms with E-state index in [2.05, 4.69) is 53.5 Å². The van der Waals surface area contributed by atoms with Gasteiger partial charge in [-0.15, -0.1) is 12.8 Å². The van der Waals surface area contributed by atoms with Crippen molar-refractivity contribution in [2.75, 3.05) is 43.7 Å². The van der Waals surface area contributed by atoms with Gasteiger partial charge in [0.25, 0.3) is 17.0 Å². The number of rotatable bonds is 27. The minimum Gasteiger partial charge on any atom is -0.494 e. The summed E-state index contributed by atoms with van der Waals surface area (Å²) in [6.45, 7) is 28.3. The second-order valence-electron chi connectivity index (χ2n) is 20.8. The van der Waals surface area contributed by atoms with Gasteiger partial charge in [-0.1, -0.05) is 92.0 Å². The molecule has 0 saturated carbocycles. The number of carbonyl (C=O) groups excluding carboxylic acids is 2. The minimum atomic E-state index is -1.30. The molecule has 2 aliphatic rings. The molecule has 2 aromatic heterocycles. The number of nitrogens with one attached hydrogen (secondary N) is 4. The molecule has 3 aromatic carbocycles. The van der Waals surface area contributed by atoms with E-state index in [1.165, 1.54) is 21.5 Å². The van der Waals surface area contributed by atoms with E-state index in [0.29, 0.717) is 73.3 Å². The molecule has 472 valence electrons. The summed E-state index contributed by atoms with van der Waals surface area (Å²) in [7, 11) is 0. The predicted molar refractivity (Wildman–Crippen MR) is 340 cm³/mol. The van der Waals surface area contributed by atoms with Gasteiger partial charge in [-0.3, -0.25) is 38.3 Å². The number of amides is 2. The Morgan fingerprint density at radius 2 is 1.25 bits per heavy atom. The summed E-state index contributed by atoms with van der Waals surface area (Å²) < 4.78 is 38.9. The second-order valence-corrected chi connectivity index (χ2v) is 20.8. The van der Waals surface area contributed by atoms with Crippen LogP contribution in [0.4, 0.5) is 11.4 Å². The first kappa shape index (κ1) is 71.3. The molecule has 2 aliphatic heterocycles. The minimum absolute atomic E-state index is 0.00504. The number of aryl methyl sites for hydroxylation is 3. The van der Waals surface area contributed by atoms with Crippen LogP contribution in [-0.4, -0.2) is 92.5 Å². The van der Waals surface area contributed by atoms with Crippen LogP contribution >= 0.6 is 0 Å². The normalized spacial score (nSPS) is 17.7. The van der Waals surface area contributed by atoms with Crippen LogP contribution in [-0.2, 0) is 43.1 Å². The first-order chi connectivity index (χ1) is 41.9. The Kier molecular flexibility index (Phi) is 29.5.